The summed E-state index contributed by atoms with van der Waals surface area (Å²) < 4.78 is 10.1. The van der Waals surface area contributed by atoms with Gasteiger partial charge in [0.25, 0.3) is 0 Å². The number of pyridine rings is 2. The summed E-state index contributed by atoms with van der Waals surface area (Å²) in [6.07, 6.45) is 3.27. The van der Waals surface area contributed by atoms with Gasteiger partial charge in [-0.3, -0.25) is 4.98 Å². The van der Waals surface area contributed by atoms with Gasteiger partial charge in [0.1, 0.15) is 0 Å². The number of aryl methyl sites for hydroxylation is 4. The van der Waals surface area contributed by atoms with E-state index in [0.29, 0.717) is 11.6 Å². The standard InChI is InChI=1S/C28H22N3O.C18H24GeN.Ir/c1-16-14-17(2)25(18(3)15-16)31-24-11-6-5-10-23(24)30-27(31)22-9-7-8-20-21-13-12-19(4)29-28(21)32-26(20)22;1-14(2)11-16-12-18(15-9-7-6-8-10-15)20-13-17(16)19(3,4)5;/h5-8,10-15H,1-4H3;6-9,12-14H,11H2,1-5H3;/q2*-1;. The Hall–Kier alpha value is -4.36. The van der Waals surface area contributed by atoms with Crippen LogP contribution in [0.25, 0.3) is 61.4 Å². The van der Waals surface area contributed by atoms with Crippen molar-refractivity contribution in [2.75, 3.05) is 0 Å². The van der Waals surface area contributed by atoms with E-state index in [0.717, 1.165) is 67.8 Å². The summed E-state index contributed by atoms with van der Waals surface area (Å²) in [6, 6.07) is 37.8. The molecule has 0 aliphatic carbocycles. The number of para-hydroxylation sites is 2. The van der Waals surface area contributed by atoms with E-state index in [2.05, 4.69) is 128 Å². The normalized spacial score (nSPS) is 11.6. The Labute approximate surface area is 329 Å². The third-order valence-electron chi connectivity index (χ3n) is 9.49. The molecule has 0 aliphatic heterocycles. The van der Waals surface area contributed by atoms with E-state index in [-0.39, 0.29) is 20.1 Å². The first kappa shape index (κ1) is 38.4. The van der Waals surface area contributed by atoms with Crippen molar-refractivity contribution in [3.63, 3.8) is 0 Å². The third-order valence-corrected chi connectivity index (χ3v) is 13.8. The molecule has 0 saturated heterocycles. The van der Waals surface area contributed by atoms with Gasteiger partial charge in [0.2, 0.25) is 5.71 Å². The van der Waals surface area contributed by atoms with Crippen LogP contribution >= 0.6 is 0 Å². The van der Waals surface area contributed by atoms with Gasteiger partial charge >= 0.3 is 126 Å². The predicted molar refractivity (Wildman–Crippen MR) is 219 cm³/mol. The van der Waals surface area contributed by atoms with Gasteiger partial charge in [-0.05, 0) is 63.1 Å². The number of aromatic nitrogens is 4. The van der Waals surface area contributed by atoms with Crippen LogP contribution in [0.1, 0.15) is 41.8 Å². The van der Waals surface area contributed by atoms with E-state index in [1.54, 1.807) is 4.40 Å². The molecule has 4 aromatic carbocycles. The van der Waals surface area contributed by atoms with Crippen molar-refractivity contribution in [1.29, 1.82) is 0 Å². The van der Waals surface area contributed by atoms with Crippen LogP contribution in [0.3, 0.4) is 0 Å². The third kappa shape index (κ3) is 7.82. The zero-order valence-corrected chi connectivity index (χ0v) is 36.5. The van der Waals surface area contributed by atoms with Crippen molar-refractivity contribution in [3.8, 4) is 28.3 Å². The molecular formula is C46H46GeIrN4O-2. The first-order valence-electron chi connectivity index (χ1n) is 18.1. The molecule has 5 nitrogen and oxygen atoms in total. The fraction of sp³-hybridized carbons (Fsp3) is 0.239. The summed E-state index contributed by atoms with van der Waals surface area (Å²) in [5.74, 6) is 8.82. The maximum absolute atomic E-state index is 6.29. The Morgan fingerprint density at radius 3 is 2.23 bits per heavy atom. The summed E-state index contributed by atoms with van der Waals surface area (Å²) in [5, 5.41) is 2.03. The Morgan fingerprint density at radius 1 is 0.792 bits per heavy atom. The molecular weight excluding hydrogens is 889 g/mol. The molecule has 8 aromatic rings. The number of hydrogen-bond acceptors (Lipinski definition) is 4. The summed E-state index contributed by atoms with van der Waals surface area (Å²) in [5.41, 5.74) is 13.6. The van der Waals surface area contributed by atoms with E-state index in [1.807, 2.05) is 49.4 Å². The quantitative estimate of drug-likeness (QED) is 0.123. The summed E-state index contributed by atoms with van der Waals surface area (Å²) >= 11 is -1.86. The van der Waals surface area contributed by atoms with E-state index >= 15 is 0 Å². The molecule has 4 heterocycles. The first-order valence-corrected chi connectivity index (χ1v) is 25.5. The second kappa shape index (κ2) is 15.5. The van der Waals surface area contributed by atoms with Gasteiger partial charge in [0, 0.05) is 36.9 Å². The fourth-order valence-corrected chi connectivity index (χ4v) is 10.6. The number of fused-ring (bicyclic) bond motifs is 4. The number of furan rings is 1. The van der Waals surface area contributed by atoms with Gasteiger partial charge in [-0.15, -0.1) is 18.2 Å². The van der Waals surface area contributed by atoms with E-state index < -0.39 is 13.3 Å². The largest absolute Gasteiger partial charge is 0.486 e. The molecule has 0 N–H and O–H groups in total. The molecule has 7 heteroatoms. The van der Waals surface area contributed by atoms with Crippen molar-refractivity contribution < 1.29 is 24.5 Å². The Kier molecular flexibility index (Phi) is 11.3. The molecule has 271 valence electrons. The summed E-state index contributed by atoms with van der Waals surface area (Å²) in [6.45, 7) is 13.0. The average Bonchev–Trinajstić information content (AvgIpc) is 3.66. The van der Waals surface area contributed by atoms with E-state index in [4.69, 9.17) is 14.4 Å². The van der Waals surface area contributed by atoms with Crippen molar-refractivity contribution in [2.45, 2.75) is 65.2 Å². The van der Waals surface area contributed by atoms with Crippen LogP contribution in [0.4, 0.5) is 0 Å². The Morgan fingerprint density at radius 2 is 1.53 bits per heavy atom. The maximum Gasteiger partial charge on any atom is 0.216 e. The van der Waals surface area contributed by atoms with Crippen molar-refractivity contribution in [2.24, 2.45) is 5.92 Å². The Bertz CT molecular complexity index is 2540. The zero-order valence-electron chi connectivity index (χ0n) is 32.1. The van der Waals surface area contributed by atoms with Crippen LogP contribution in [0, 0.1) is 45.7 Å². The average molecular weight is 936 g/mol. The monoisotopic (exact) mass is 937 g/mol. The summed E-state index contributed by atoms with van der Waals surface area (Å²) in [7, 11) is 0. The van der Waals surface area contributed by atoms with Crippen molar-refractivity contribution >= 4 is 50.8 Å². The van der Waals surface area contributed by atoms with Gasteiger partial charge < -0.3 is 8.98 Å². The first-order chi connectivity index (χ1) is 24.9. The number of benzene rings is 4. The smallest absolute Gasteiger partial charge is 0.216 e. The van der Waals surface area contributed by atoms with Crippen LogP contribution in [-0.4, -0.2) is 32.8 Å². The van der Waals surface area contributed by atoms with Gasteiger partial charge in [-0.25, -0.2) is 4.98 Å². The molecule has 1 radical (unpaired) electrons. The number of rotatable bonds is 6. The number of imidazole rings is 1. The zero-order chi connectivity index (χ0) is 36.7. The Balaban J connectivity index is 0.000000199. The van der Waals surface area contributed by atoms with Gasteiger partial charge in [-0.2, -0.15) is 0 Å². The van der Waals surface area contributed by atoms with Crippen LogP contribution in [0.5, 0.6) is 0 Å². The second-order valence-electron chi connectivity index (χ2n) is 15.4. The number of nitrogens with zero attached hydrogens (tertiary/aromatic N) is 4. The van der Waals surface area contributed by atoms with Gasteiger partial charge in [-0.1, -0.05) is 40.8 Å². The predicted octanol–water partition coefficient (Wildman–Crippen LogP) is 11.3. The SMILES string of the molecule is CC(C)Cc1cc(-c2[c-]cccc2)nc[c]1[Ge]([CH3])([CH3])[CH3].Cc1cc(C)c(-n2c(-c3[c-]ccc4c3oc3nc(C)ccc34)nc3ccccc32)c(C)c1.[Ir]. The van der Waals surface area contributed by atoms with Gasteiger partial charge in [0.15, 0.2) is 0 Å². The molecule has 53 heavy (non-hydrogen) atoms. The molecule has 0 spiro atoms. The van der Waals surface area contributed by atoms with Crippen molar-refractivity contribution in [3.05, 3.63) is 137 Å². The molecule has 0 fully saturated rings. The molecule has 0 aliphatic rings. The van der Waals surface area contributed by atoms with Gasteiger partial charge in [0.05, 0.1) is 22.4 Å². The molecule has 4 aromatic heterocycles. The maximum atomic E-state index is 6.29. The minimum absolute atomic E-state index is 0. The molecule has 0 atom stereocenters. The summed E-state index contributed by atoms with van der Waals surface area (Å²) in [4.78, 5) is 14.4. The van der Waals surface area contributed by atoms with E-state index in [9.17, 15) is 0 Å². The van der Waals surface area contributed by atoms with Crippen molar-refractivity contribution in [1.82, 2.24) is 19.5 Å². The van der Waals surface area contributed by atoms with Crippen LogP contribution in [0.15, 0.2) is 102 Å². The molecule has 0 amide bonds. The molecule has 8 rings (SSSR count). The fourth-order valence-electron chi connectivity index (χ4n) is 7.31. The topological polar surface area (TPSA) is 56.7 Å². The molecule has 0 bridgehead atoms. The minimum Gasteiger partial charge on any atom is -0.486 e. The van der Waals surface area contributed by atoms with Crippen LogP contribution in [0.2, 0.25) is 17.3 Å². The van der Waals surface area contributed by atoms with Crippen LogP contribution in [-0.2, 0) is 26.5 Å². The number of hydrogen-bond donors (Lipinski definition) is 0. The molecule has 0 unspecified atom stereocenters. The van der Waals surface area contributed by atoms with E-state index in [1.165, 1.54) is 22.3 Å². The van der Waals surface area contributed by atoms with Crippen LogP contribution < -0.4 is 4.40 Å². The second-order valence-corrected chi connectivity index (χ2v) is 25.9. The molecule has 0 saturated carbocycles. The minimum atomic E-state index is -1.86.